The van der Waals surface area contributed by atoms with E-state index in [-0.39, 0.29) is 17.6 Å². The quantitative estimate of drug-likeness (QED) is 0.173. The number of amides is 1. The summed E-state index contributed by atoms with van der Waals surface area (Å²) in [5.74, 6) is -1.20. The third kappa shape index (κ3) is 5.05. The second-order valence-electron chi connectivity index (χ2n) is 11.0. The Morgan fingerprint density at radius 1 is 0.682 bits per heavy atom. The van der Waals surface area contributed by atoms with Gasteiger partial charge in [-0.2, -0.15) is 0 Å². The summed E-state index contributed by atoms with van der Waals surface area (Å²) in [6.45, 7) is 1.40. The predicted octanol–water partition coefficient (Wildman–Crippen LogP) is 9.32. The second kappa shape index (κ2) is 11.3. The summed E-state index contributed by atoms with van der Waals surface area (Å²) in [6.07, 6.45) is 0.349. The molecule has 0 atom stereocenters. The van der Waals surface area contributed by atoms with Crippen LogP contribution >= 0.6 is 0 Å². The Balaban J connectivity index is 1.53. The molecule has 7 aromatic rings. The molecule has 0 saturated carbocycles. The fraction of sp³-hybridized carbons (Fsp3) is 0.0789. The number of anilines is 1. The molecular weight excluding hydrogens is 552 g/mol. The smallest absolute Gasteiger partial charge is 0.221 e. The van der Waals surface area contributed by atoms with Crippen LogP contribution in [-0.4, -0.2) is 15.9 Å². The summed E-state index contributed by atoms with van der Waals surface area (Å²) in [5.41, 5.74) is 8.82. The van der Waals surface area contributed by atoms with E-state index in [4.69, 9.17) is 0 Å². The average Bonchev–Trinajstić information content (AvgIpc) is 3.56. The summed E-state index contributed by atoms with van der Waals surface area (Å²) >= 11 is 0. The van der Waals surface area contributed by atoms with Crippen LogP contribution in [0, 0.1) is 11.6 Å². The van der Waals surface area contributed by atoms with Gasteiger partial charge in [0.15, 0.2) is 0 Å². The number of hydrogen-bond donors (Lipinski definition) is 3. The van der Waals surface area contributed by atoms with Gasteiger partial charge in [-0.3, -0.25) is 4.79 Å². The van der Waals surface area contributed by atoms with Crippen LogP contribution in [0.25, 0.3) is 32.9 Å². The van der Waals surface area contributed by atoms with Gasteiger partial charge in [0, 0.05) is 69.3 Å². The van der Waals surface area contributed by atoms with Crippen LogP contribution in [0.1, 0.15) is 40.9 Å². The first-order valence-corrected chi connectivity index (χ1v) is 14.5. The largest absolute Gasteiger partial charge is 0.357 e. The number of halogens is 2. The molecule has 0 aliphatic carbocycles. The van der Waals surface area contributed by atoms with Crippen molar-refractivity contribution in [2.75, 3.05) is 5.32 Å². The average molecular weight is 582 g/mol. The second-order valence-corrected chi connectivity index (χ2v) is 11.0. The van der Waals surface area contributed by atoms with Crippen molar-refractivity contribution in [3.63, 3.8) is 0 Å². The van der Waals surface area contributed by atoms with E-state index in [1.165, 1.54) is 31.2 Å². The number of carbonyl (C=O) groups is 1. The van der Waals surface area contributed by atoms with Crippen molar-refractivity contribution in [2.24, 2.45) is 0 Å². The summed E-state index contributed by atoms with van der Waals surface area (Å²) in [7, 11) is 0. The molecule has 0 spiro atoms. The number of rotatable bonds is 7. The van der Waals surface area contributed by atoms with E-state index in [0.29, 0.717) is 17.6 Å². The molecule has 0 aliphatic heterocycles. The molecule has 216 valence electrons. The zero-order valence-electron chi connectivity index (χ0n) is 24.0. The first kappa shape index (κ1) is 27.3. The molecule has 3 N–H and O–H groups in total. The predicted molar refractivity (Wildman–Crippen MR) is 173 cm³/mol. The molecule has 0 radical (unpaired) electrons. The third-order valence-corrected chi connectivity index (χ3v) is 8.13. The Bertz CT molecular complexity index is 2090. The number of nitrogens with one attached hydrogen (secondary N) is 3. The SMILES string of the molecule is CC(=O)Nc1cc(F)ccc1Cc1[nH]c2cc(F)ccc2c1-c1c(C(c2ccccc2)c2ccccc2)[nH]c2ccccc12. The number of para-hydroxylation sites is 1. The van der Waals surface area contributed by atoms with E-state index in [1.54, 1.807) is 6.07 Å². The lowest BCUT2D eigenvalue weighted by atomic mass is 9.84. The summed E-state index contributed by atoms with van der Waals surface area (Å²) in [6, 6.07) is 38.2. The molecule has 2 aromatic heterocycles. The standard InChI is InChI=1S/C38H29F2N3O/c1-23(44)41-32-21-27(39)17-16-26(32)20-34-36(30-19-18-28(40)22-33(30)42-34)37-29-14-8-9-15-31(29)43-38(37)35(24-10-4-2-5-11-24)25-12-6-3-7-13-25/h2-19,21-22,35,42-43H,20H2,1H3,(H,41,44). The van der Waals surface area contributed by atoms with Crippen LogP contribution in [0.2, 0.25) is 0 Å². The van der Waals surface area contributed by atoms with Gasteiger partial charge >= 0.3 is 0 Å². The van der Waals surface area contributed by atoms with Crippen molar-refractivity contribution >= 4 is 33.4 Å². The zero-order valence-corrected chi connectivity index (χ0v) is 24.0. The maximum atomic E-state index is 14.6. The van der Waals surface area contributed by atoms with Crippen molar-refractivity contribution in [2.45, 2.75) is 19.3 Å². The van der Waals surface area contributed by atoms with Crippen LogP contribution in [0.15, 0.2) is 121 Å². The van der Waals surface area contributed by atoms with Crippen molar-refractivity contribution in [1.29, 1.82) is 0 Å². The maximum Gasteiger partial charge on any atom is 0.221 e. The lowest BCUT2D eigenvalue weighted by Crippen LogP contribution is -2.09. The fourth-order valence-corrected chi connectivity index (χ4v) is 6.31. The molecule has 0 bridgehead atoms. The molecule has 1 amide bonds. The molecule has 7 rings (SSSR count). The van der Waals surface area contributed by atoms with Gasteiger partial charge in [0.25, 0.3) is 0 Å². The zero-order chi connectivity index (χ0) is 30.2. The summed E-state index contributed by atoms with van der Waals surface area (Å²) in [4.78, 5) is 19.3. The molecular formula is C38H29F2N3O. The van der Waals surface area contributed by atoms with E-state index >= 15 is 0 Å². The molecule has 0 aliphatic rings. The first-order chi connectivity index (χ1) is 21.5. The Morgan fingerprint density at radius 3 is 2.00 bits per heavy atom. The number of carbonyl (C=O) groups excluding carboxylic acids is 1. The van der Waals surface area contributed by atoms with Gasteiger partial charge in [-0.05, 0) is 53.1 Å². The van der Waals surface area contributed by atoms with Gasteiger partial charge in [-0.1, -0.05) is 84.9 Å². The fourth-order valence-electron chi connectivity index (χ4n) is 6.31. The van der Waals surface area contributed by atoms with Gasteiger partial charge < -0.3 is 15.3 Å². The molecule has 6 heteroatoms. The van der Waals surface area contributed by atoms with Gasteiger partial charge in [-0.25, -0.2) is 8.78 Å². The molecule has 4 nitrogen and oxygen atoms in total. The highest BCUT2D eigenvalue weighted by Gasteiger charge is 2.28. The highest BCUT2D eigenvalue weighted by molar-refractivity contribution is 6.08. The van der Waals surface area contributed by atoms with E-state index in [1.807, 2.05) is 54.6 Å². The van der Waals surface area contributed by atoms with Crippen LogP contribution in [-0.2, 0) is 11.2 Å². The van der Waals surface area contributed by atoms with E-state index in [2.05, 4.69) is 51.7 Å². The lowest BCUT2D eigenvalue weighted by Gasteiger charge is -2.20. The topological polar surface area (TPSA) is 60.7 Å². The number of aromatic nitrogens is 2. The molecule has 0 unspecified atom stereocenters. The van der Waals surface area contributed by atoms with Gasteiger partial charge in [-0.15, -0.1) is 0 Å². The maximum absolute atomic E-state index is 14.6. The monoisotopic (exact) mass is 581 g/mol. The van der Waals surface area contributed by atoms with Crippen molar-refractivity contribution < 1.29 is 13.6 Å². The number of benzene rings is 5. The minimum Gasteiger partial charge on any atom is -0.357 e. The third-order valence-electron chi connectivity index (χ3n) is 8.13. The van der Waals surface area contributed by atoms with Crippen molar-refractivity contribution in [3.8, 4) is 11.1 Å². The van der Waals surface area contributed by atoms with Crippen LogP contribution < -0.4 is 5.32 Å². The molecule has 2 heterocycles. The van der Waals surface area contributed by atoms with Crippen molar-refractivity contribution in [3.05, 3.63) is 161 Å². The minimum atomic E-state index is -0.441. The van der Waals surface area contributed by atoms with E-state index < -0.39 is 5.82 Å². The summed E-state index contributed by atoms with van der Waals surface area (Å²) < 4.78 is 28.9. The Kier molecular flexibility index (Phi) is 7.03. The Morgan fingerprint density at radius 2 is 1.30 bits per heavy atom. The van der Waals surface area contributed by atoms with Gasteiger partial charge in [0.05, 0.1) is 0 Å². The van der Waals surface area contributed by atoms with Crippen LogP contribution in [0.3, 0.4) is 0 Å². The van der Waals surface area contributed by atoms with Crippen LogP contribution in [0.4, 0.5) is 14.5 Å². The number of aromatic amines is 2. The van der Waals surface area contributed by atoms with E-state index in [0.717, 1.165) is 55.5 Å². The molecule has 44 heavy (non-hydrogen) atoms. The Labute approximate surface area is 253 Å². The van der Waals surface area contributed by atoms with Crippen molar-refractivity contribution in [1.82, 2.24) is 9.97 Å². The highest BCUT2D eigenvalue weighted by Crippen LogP contribution is 2.46. The number of hydrogen-bond acceptors (Lipinski definition) is 1. The van der Waals surface area contributed by atoms with Gasteiger partial charge in [0.2, 0.25) is 5.91 Å². The summed E-state index contributed by atoms with van der Waals surface area (Å²) in [5, 5.41) is 4.68. The molecule has 0 fully saturated rings. The normalized spacial score (nSPS) is 11.5. The number of H-pyrrole nitrogens is 2. The minimum absolute atomic E-state index is 0.126. The molecule has 5 aromatic carbocycles. The van der Waals surface area contributed by atoms with E-state index in [9.17, 15) is 13.6 Å². The first-order valence-electron chi connectivity index (χ1n) is 14.5. The highest BCUT2D eigenvalue weighted by atomic mass is 19.1. The number of fused-ring (bicyclic) bond motifs is 2. The van der Waals surface area contributed by atoms with Crippen LogP contribution in [0.5, 0.6) is 0 Å². The Hall–Kier alpha value is -5.49. The molecule has 0 saturated heterocycles. The van der Waals surface area contributed by atoms with Gasteiger partial charge in [0.1, 0.15) is 11.6 Å². The lowest BCUT2D eigenvalue weighted by molar-refractivity contribution is -0.114.